The molecule has 2 heterocycles. The molecule has 0 atom stereocenters. The molecule has 0 aromatic heterocycles. The van der Waals surface area contributed by atoms with E-state index in [0.29, 0.717) is 6.10 Å². The number of thioether (sulfide) groups is 1. The van der Waals surface area contributed by atoms with Crippen LogP contribution in [0.5, 0.6) is 11.5 Å². The molecular weight excluding hydrogens is 402 g/mol. The molecule has 4 rings (SSSR count). The van der Waals surface area contributed by atoms with Gasteiger partial charge in [0.15, 0.2) is 6.29 Å². The molecule has 0 saturated carbocycles. The largest absolute Gasteiger partial charge is 0.497 e. The molecule has 2 fully saturated rings. The van der Waals surface area contributed by atoms with E-state index >= 15 is 0 Å². The molecule has 2 aliphatic rings. The number of benzene rings is 2. The van der Waals surface area contributed by atoms with Crippen molar-refractivity contribution in [3.8, 4) is 11.5 Å². The number of hydrogen-bond donors (Lipinski definition) is 1. The van der Waals surface area contributed by atoms with Gasteiger partial charge in [0.2, 0.25) is 5.91 Å². The third-order valence-corrected chi connectivity index (χ3v) is 6.61. The highest BCUT2D eigenvalue weighted by atomic mass is 32.2. The van der Waals surface area contributed by atoms with Crippen LogP contribution in [0.15, 0.2) is 42.5 Å². The monoisotopic (exact) mass is 429 g/mol. The number of methoxy groups -OCH3 is 1. The molecule has 7 heteroatoms. The van der Waals surface area contributed by atoms with Gasteiger partial charge in [0.25, 0.3) is 0 Å². The zero-order chi connectivity index (χ0) is 21.1. The lowest BCUT2D eigenvalue weighted by atomic mass is 9.90. The first-order valence-electron chi connectivity index (χ1n) is 10.0. The predicted molar refractivity (Wildman–Crippen MR) is 117 cm³/mol. The summed E-state index contributed by atoms with van der Waals surface area (Å²) in [6, 6.07) is 13.3. The van der Waals surface area contributed by atoms with Gasteiger partial charge < -0.3 is 24.3 Å². The minimum atomic E-state index is -0.770. The van der Waals surface area contributed by atoms with Crippen molar-refractivity contribution < 1.29 is 23.7 Å². The number of rotatable bonds is 6. The van der Waals surface area contributed by atoms with E-state index in [0.717, 1.165) is 39.8 Å². The molecule has 2 saturated heterocycles. The van der Waals surface area contributed by atoms with Crippen LogP contribution in [0.4, 0.5) is 5.69 Å². The lowest BCUT2D eigenvalue weighted by Crippen LogP contribution is -2.45. The van der Waals surface area contributed by atoms with Crippen molar-refractivity contribution in [2.45, 2.75) is 26.2 Å². The Kier molecular flexibility index (Phi) is 6.22. The topological polar surface area (TPSA) is 66.0 Å². The summed E-state index contributed by atoms with van der Waals surface area (Å²) in [6.07, 6.45) is -0.168. The van der Waals surface area contributed by atoms with Gasteiger partial charge in [0.05, 0.1) is 25.7 Å². The predicted octanol–water partition coefficient (Wildman–Crippen LogP) is 4.19. The molecule has 0 spiro atoms. The van der Waals surface area contributed by atoms with Crippen LogP contribution in [0.3, 0.4) is 0 Å². The van der Waals surface area contributed by atoms with E-state index in [1.165, 1.54) is 0 Å². The summed E-state index contributed by atoms with van der Waals surface area (Å²) < 4.78 is 22.9. The molecule has 0 aliphatic carbocycles. The summed E-state index contributed by atoms with van der Waals surface area (Å²) in [5, 5.41) is 2.99. The highest BCUT2D eigenvalue weighted by molar-refractivity contribution is 8.00. The fraction of sp³-hybridized carbons (Fsp3) is 0.435. The van der Waals surface area contributed by atoms with Crippen molar-refractivity contribution in [3.63, 3.8) is 0 Å². The normalized spacial score (nSPS) is 24.0. The number of aryl methyl sites for hydroxylation is 1. The maximum absolute atomic E-state index is 12.9. The molecule has 30 heavy (non-hydrogen) atoms. The van der Waals surface area contributed by atoms with E-state index in [4.69, 9.17) is 18.9 Å². The first-order valence-corrected chi connectivity index (χ1v) is 11.2. The standard InChI is InChI=1S/C23H27NO5S/c1-15-10-18(26-3)8-9-20(15)24-22(25)23(2)13-27-21(28-14-23)16-4-6-17(7-5-16)29-19-11-30-12-19/h4-10,19,21H,11-14H2,1-3H3,(H,24,25). The lowest BCUT2D eigenvalue weighted by Gasteiger charge is -2.36. The van der Waals surface area contributed by atoms with Crippen molar-refractivity contribution in [1.82, 2.24) is 0 Å². The van der Waals surface area contributed by atoms with Crippen LogP contribution in [0, 0.1) is 12.3 Å². The molecule has 0 bridgehead atoms. The number of nitrogens with one attached hydrogen (secondary N) is 1. The van der Waals surface area contributed by atoms with Crippen molar-refractivity contribution in [1.29, 1.82) is 0 Å². The van der Waals surface area contributed by atoms with Gasteiger partial charge in [0, 0.05) is 22.8 Å². The summed E-state index contributed by atoms with van der Waals surface area (Å²) >= 11 is 1.89. The van der Waals surface area contributed by atoms with Crippen molar-refractivity contribution >= 4 is 23.4 Å². The smallest absolute Gasteiger partial charge is 0.235 e. The Hall–Kier alpha value is -2.22. The fourth-order valence-electron chi connectivity index (χ4n) is 3.29. The zero-order valence-electron chi connectivity index (χ0n) is 17.5. The molecule has 1 N–H and O–H groups in total. The second kappa shape index (κ2) is 8.88. The van der Waals surface area contributed by atoms with Crippen LogP contribution in [0.1, 0.15) is 24.3 Å². The summed E-state index contributed by atoms with van der Waals surface area (Å²) in [4.78, 5) is 12.9. The Morgan fingerprint density at radius 1 is 1.10 bits per heavy atom. The van der Waals surface area contributed by atoms with Crippen LogP contribution in [-0.2, 0) is 14.3 Å². The maximum Gasteiger partial charge on any atom is 0.235 e. The Morgan fingerprint density at radius 2 is 1.77 bits per heavy atom. The molecular formula is C23H27NO5S. The van der Waals surface area contributed by atoms with Crippen LogP contribution in [0.2, 0.25) is 0 Å². The third kappa shape index (κ3) is 4.58. The van der Waals surface area contributed by atoms with Crippen LogP contribution in [-0.4, -0.2) is 43.8 Å². The average molecular weight is 430 g/mol. The van der Waals surface area contributed by atoms with Crippen molar-refractivity contribution in [3.05, 3.63) is 53.6 Å². The molecule has 0 radical (unpaired) electrons. The molecule has 6 nitrogen and oxygen atoms in total. The number of carbonyl (C=O) groups excluding carboxylic acids is 1. The minimum Gasteiger partial charge on any atom is -0.497 e. The minimum absolute atomic E-state index is 0.128. The Balaban J connectivity index is 1.33. The Labute approximate surface area is 181 Å². The van der Waals surface area contributed by atoms with Crippen LogP contribution < -0.4 is 14.8 Å². The number of hydrogen-bond acceptors (Lipinski definition) is 6. The van der Waals surface area contributed by atoms with Crippen molar-refractivity contribution in [2.24, 2.45) is 5.41 Å². The first-order chi connectivity index (χ1) is 14.5. The summed E-state index contributed by atoms with van der Waals surface area (Å²) in [7, 11) is 1.62. The molecule has 1 amide bonds. The van der Waals surface area contributed by atoms with E-state index in [1.54, 1.807) is 7.11 Å². The van der Waals surface area contributed by atoms with E-state index in [2.05, 4.69) is 5.32 Å². The maximum atomic E-state index is 12.9. The quantitative estimate of drug-likeness (QED) is 0.743. The second-order valence-corrected chi connectivity index (χ2v) is 9.07. The Morgan fingerprint density at radius 3 is 2.33 bits per heavy atom. The van der Waals surface area contributed by atoms with Crippen molar-refractivity contribution in [2.75, 3.05) is 37.1 Å². The van der Waals surface area contributed by atoms with Gasteiger partial charge in [-0.15, -0.1) is 0 Å². The SMILES string of the molecule is COc1ccc(NC(=O)C2(C)COC(c3ccc(OC4CSC4)cc3)OC2)c(C)c1. The number of anilines is 1. The highest BCUT2D eigenvalue weighted by Crippen LogP contribution is 2.34. The van der Waals surface area contributed by atoms with Gasteiger partial charge in [-0.25, -0.2) is 0 Å². The van der Waals surface area contributed by atoms with Gasteiger partial charge in [-0.2, -0.15) is 11.8 Å². The first kappa shape index (κ1) is 21.0. The van der Waals surface area contributed by atoms with Gasteiger partial charge >= 0.3 is 0 Å². The van der Waals surface area contributed by atoms with Gasteiger partial charge in [-0.1, -0.05) is 12.1 Å². The van der Waals surface area contributed by atoms with E-state index < -0.39 is 11.7 Å². The summed E-state index contributed by atoms with van der Waals surface area (Å²) in [5.41, 5.74) is 1.83. The van der Waals surface area contributed by atoms with Gasteiger partial charge in [0.1, 0.15) is 17.6 Å². The van der Waals surface area contributed by atoms with Gasteiger partial charge in [-0.05, 0) is 49.7 Å². The third-order valence-electron chi connectivity index (χ3n) is 5.40. The molecule has 160 valence electrons. The van der Waals surface area contributed by atoms with Crippen LogP contribution in [0.25, 0.3) is 0 Å². The van der Waals surface area contributed by atoms with E-state index in [-0.39, 0.29) is 19.1 Å². The number of ether oxygens (including phenoxy) is 4. The van der Waals surface area contributed by atoms with E-state index in [9.17, 15) is 4.79 Å². The van der Waals surface area contributed by atoms with Gasteiger partial charge in [-0.3, -0.25) is 4.79 Å². The fourth-order valence-corrected chi connectivity index (χ4v) is 3.85. The Bertz CT molecular complexity index is 889. The highest BCUT2D eigenvalue weighted by Gasteiger charge is 2.40. The van der Waals surface area contributed by atoms with Crippen LogP contribution >= 0.6 is 11.8 Å². The second-order valence-electron chi connectivity index (χ2n) is 8.00. The summed E-state index contributed by atoms with van der Waals surface area (Å²) in [6.45, 7) is 4.33. The zero-order valence-corrected chi connectivity index (χ0v) is 18.3. The average Bonchev–Trinajstić information content (AvgIpc) is 2.73. The number of amides is 1. The lowest BCUT2D eigenvalue weighted by molar-refractivity contribution is -0.226. The number of carbonyl (C=O) groups is 1. The molecule has 2 aliphatic heterocycles. The van der Waals surface area contributed by atoms with E-state index in [1.807, 2.05) is 68.1 Å². The molecule has 2 aromatic carbocycles. The molecule has 0 unspecified atom stereocenters. The molecule has 2 aromatic rings. The summed E-state index contributed by atoms with van der Waals surface area (Å²) in [5.74, 6) is 3.59.